The van der Waals surface area contributed by atoms with Gasteiger partial charge < -0.3 is 10.0 Å². The summed E-state index contributed by atoms with van der Waals surface area (Å²) in [6, 6.07) is 2.78. The molecule has 1 saturated heterocycles. The van der Waals surface area contributed by atoms with E-state index in [1.807, 2.05) is 0 Å². The van der Waals surface area contributed by atoms with Gasteiger partial charge in [-0.3, -0.25) is 4.79 Å². The first kappa shape index (κ1) is 19.8. The Morgan fingerprint density at radius 1 is 1.04 bits per heavy atom. The van der Waals surface area contributed by atoms with Crippen molar-refractivity contribution in [1.29, 1.82) is 0 Å². The first-order chi connectivity index (χ1) is 12.8. The number of amides is 1. The first-order valence-electron chi connectivity index (χ1n) is 9.12. The second-order valence-electron chi connectivity index (χ2n) is 7.01. The number of benzene rings is 1. The van der Waals surface area contributed by atoms with Crippen LogP contribution in [0.4, 0.5) is 4.39 Å². The number of rotatable bonds is 4. The molecule has 1 aromatic carbocycles. The van der Waals surface area contributed by atoms with Crippen LogP contribution >= 0.6 is 0 Å². The van der Waals surface area contributed by atoms with Crippen LogP contribution in [0.1, 0.15) is 42.5 Å². The van der Waals surface area contributed by atoms with Gasteiger partial charge in [0, 0.05) is 32.1 Å². The molecule has 1 saturated carbocycles. The largest absolute Gasteiger partial charge is 0.478 e. The Balaban J connectivity index is 1.67. The zero-order chi connectivity index (χ0) is 19.6. The number of hydrogen-bond acceptors (Lipinski definition) is 4. The zero-order valence-corrected chi connectivity index (χ0v) is 15.8. The lowest BCUT2D eigenvalue weighted by atomic mass is 9.88. The summed E-state index contributed by atoms with van der Waals surface area (Å²) in [7, 11) is -3.94. The van der Waals surface area contributed by atoms with E-state index in [4.69, 9.17) is 5.11 Å². The van der Waals surface area contributed by atoms with E-state index >= 15 is 0 Å². The normalized spacial score (nSPS) is 19.8. The molecular formula is C18H23FN2O5S. The van der Waals surface area contributed by atoms with Gasteiger partial charge in [-0.15, -0.1) is 0 Å². The molecule has 1 heterocycles. The molecule has 9 heteroatoms. The second-order valence-corrected chi connectivity index (χ2v) is 8.95. The maximum absolute atomic E-state index is 13.9. The first-order valence-corrected chi connectivity index (χ1v) is 10.6. The average Bonchev–Trinajstić information content (AvgIpc) is 2.67. The third-order valence-corrected chi connectivity index (χ3v) is 7.21. The Labute approximate surface area is 157 Å². The standard InChI is InChI=1S/C18H23FN2O5S/c19-16-12-14(6-7-15(16)18(23)24)27(25,26)21-10-8-20(9-11-21)17(22)13-4-2-1-3-5-13/h6-7,12-13H,1-5,8-11H2,(H,23,24). The van der Waals surface area contributed by atoms with Crippen molar-refractivity contribution in [3.63, 3.8) is 0 Å². The van der Waals surface area contributed by atoms with E-state index in [9.17, 15) is 22.4 Å². The Kier molecular flexibility index (Phi) is 5.81. The summed E-state index contributed by atoms with van der Waals surface area (Å²) >= 11 is 0. The van der Waals surface area contributed by atoms with Gasteiger partial charge in [-0.25, -0.2) is 17.6 Å². The fourth-order valence-corrected chi connectivity index (χ4v) is 5.17. The van der Waals surface area contributed by atoms with Crippen molar-refractivity contribution in [3.05, 3.63) is 29.6 Å². The summed E-state index contributed by atoms with van der Waals surface area (Å²) in [5, 5.41) is 8.86. The summed E-state index contributed by atoms with van der Waals surface area (Å²) in [6.07, 6.45) is 5.07. The Morgan fingerprint density at radius 2 is 1.67 bits per heavy atom. The Morgan fingerprint density at radius 3 is 2.22 bits per heavy atom. The van der Waals surface area contributed by atoms with Crippen LogP contribution in [0, 0.1) is 11.7 Å². The highest BCUT2D eigenvalue weighted by Gasteiger charge is 2.33. The summed E-state index contributed by atoms with van der Waals surface area (Å²) in [6.45, 7) is 0.903. The quantitative estimate of drug-likeness (QED) is 0.836. The minimum atomic E-state index is -3.94. The topological polar surface area (TPSA) is 95.0 Å². The van der Waals surface area contributed by atoms with Gasteiger partial charge in [-0.1, -0.05) is 19.3 Å². The number of nitrogens with zero attached hydrogens (tertiary/aromatic N) is 2. The highest BCUT2D eigenvalue weighted by Crippen LogP contribution is 2.26. The number of hydrogen-bond donors (Lipinski definition) is 1. The predicted molar refractivity (Wildman–Crippen MR) is 95.3 cm³/mol. The molecule has 2 aliphatic rings. The third-order valence-electron chi connectivity index (χ3n) is 5.31. The molecule has 0 radical (unpaired) electrons. The lowest BCUT2D eigenvalue weighted by Crippen LogP contribution is -2.52. The van der Waals surface area contributed by atoms with Gasteiger partial charge in [-0.2, -0.15) is 4.31 Å². The van der Waals surface area contributed by atoms with Crippen molar-refractivity contribution >= 4 is 21.9 Å². The summed E-state index contributed by atoms with van der Waals surface area (Å²) in [5.41, 5.74) is -0.572. The highest BCUT2D eigenvalue weighted by molar-refractivity contribution is 7.89. The molecule has 0 unspecified atom stereocenters. The monoisotopic (exact) mass is 398 g/mol. The molecule has 27 heavy (non-hydrogen) atoms. The summed E-state index contributed by atoms with van der Waals surface area (Å²) < 4.78 is 40.5. The van der Waals surface area contributed by atoms with Crippen LogP contribution < -0.4 is 0 Å². The van der Waals surface area contributed by atoms with Crippen LogP contribution in [0.15, 0.2) is 23.1 Å². The number of carbonyl (C=O) groups is 2. The number of sulfonamides is 1. The lowest BCUT2D eigenvalue weighted by molar-refractivity contribution is -0.137. The van der Waals surface area contributed by atoms with Crippen molar-refractivity contribution in [1.82, 2.24) is 9.21 Å². The maximum atomic E-state index is 13.9. The molecule has 1 aliphatic carbocycles. The minimum absolute atomic E-state index is 0.0413. The molecule has 0 spiro atoms. The van der Waals surface area contributed by atoms with Crippen LogP contribution in [0.25, 0.3) is 0 Å². The van der Waals surface area contributed by atoms with Gasteiger partial charge >= 0.3 is 5.97 Å². The van der Waals surface area contributed by atoms with Crippen LogP contribution in [-0.4, -0.2) is 60.8 Å². The number of carbonyl (C=O) groups excluding carboxylic acids is 1. The van der Waals surface area contributed by atoms with Crippen LogP contribution in [0.3, 0.4) is 0 Å². The molecule has 2 fully saturated rings. The molecule has 1 aliphatic heterocycles. The van der Waals surface area contributed by atoms with Gasteiger partial charge in [0.15, 0.2) is 0 Å². The van der Waals surface area contributed by atoms with E-state index in [1.165, 1.54) is 4.31 Å². The summed E-state index contributed by atoms with van der Waals surface area (Å²) in [5.74, 6) is -2.40. The van der Waals surface area contributed by atoms with E-state index in [0.717, 1.165) is 50.3 Å². The van der Waals surface area contributed by atoms with Crippen LogP contribution in [0.5, 0.6) is 0 Å². The SMILES string of the molecule is O=C(O)c1ccc(S(=O)(=O)N2CCN(C(=O)C3CCCCC3)CC2)cc1F. The van der Waals surface area contributed by atoms with Gasteiger partial charge in [0.1, 0.15) is 5.82 Å². The van der Waals surface area contributed by atoms with Gasteiger partial charge in [0.05, 0.1) is 10.5 Å². The van der Waals surface area contributed by atoms with Gasteiger partial charge in [-0.05, 0) is 31.0 Å². The minimum Gasteiger partial charge on any atom is -0.478 e. The number of carboxylic acid groups (broad SMARTS) is 1. The van der Waals surface area contributed by atoms with Crippen LogP contribution in [0.2, 0.25) is 0 Å². The number of aromatic carboxylic acids is 1. The van der Waals surface area contributed by atoms with Crippen molar-refractivity contribution in [2.75, 3.05) is 26.2 Å². The lowest BCUT2D eigenvalue weighted by Gasteiger charge is -2.36. The Hall–Kier alpha value is -2.00. The van der Waals surface area contributed by atoms with Crippen molar-refractivity contribution in [2.45, 2.75) is 37.0 Å². The fourth-order valence-electron chi connectivity index (χ4n) is 3.74. The smallest absolute Gasteiger partial charge is 0.338 e. The van der Waals surface area contributed by atoms with Gasteiger partial charge in [0.2, 0.25) is 15.9 Å². The number of piperazine rings is 1. The van der Waals surface area contributed by atoms with E-state index < -0.39 is 27.4 Å². The third kappa shape index (κ3) is 4.14. The predicted octanol–water partition coefficient (Wildman–Crippen LogP) is 1.94. The van der Waals surface area contributed by atoms with E-state index in [-0.39, 0.29) is 29.8 Å². The highest BCUT2D eigenvalue weighted by atomic mass is 32.2. The maximum Gasteiger partial charge on any atom is 0.338 e. The number of carboxylic acids is 1. The van der Waals surface area contributed by atoms with E-state index in [1.54, 1.807) is 4.90 Å². The molecule has 0 atom stereocenters. The summed E-state index contributed by atoms with van der Waals surface area (Å²) in [4.78, 5) is 24.9. The Bertz CT molecular complexity index is 828. The van der Waals surface area contributed by atoms with Gasteiger partial charge in [0.25, 0.3) is 0 Å². The van der Waals surface area contributed by atoms with E-state index in [2.05, 4.69) is 0 Å². The zero-order valence-electron chi connectivity index (χ0n) is 14.9. The molecule has 7 nitrogen and oxygen atoms in total. The fraction of sp³-hybridized carbons (Fsp3) is 0.556. The van der Waals surface area contributed by atoms with Crippen LogP contribution in [-0.2, 0) is 14.8 Å². The van der Waals surface area contributed by atoms with E-state index in [0.29, 0.717) is 13.1 Å². The van der Waals surface area contributed by atoms with Crippen molar-refractivity contribution < 1.29 is 27.5 Å². The molecular weight excluding hydrogens is 375 g/mol. The average molecular weight is 398 g/mol. The molecule has 0 bridgehead atoms. The molecule has 1 N–H and O–H groups in total. The van der Waals surface area contributed by atoms with Crippen molar-refractivity contribution in [2.24, 2.45) is 5.92 Å². The molecule has 0 aromatic heterocycles. The molecule has 1 amide bonds. The van der Waals surface area contributed by atoms with Crippen molar-refractivity contribution in [3.8, 4) is 0 Å². The number of halogens is 1. The molecule has 148 valence electrons. The molecule has 3 rings (SSSR count). The second kappa shape index (κ2) is 7.93. The molecule has 1 aromatic rings.